The summed E-state index contributed by atoms with van der Waals surface area (Å²) in [6.45, 7) is 5.72. The average molecular weight is 325 g/mol. The van der Waals surface area contributed by atoms with E-state index >= 15 is 0 Å². The molecule has 0 aliphatic heterocycles. The number of Topliss-reactive ketones (excluding diaryl/α,β-unsaturated/α-hetero) is 2. The van der Waals surface area contributed by atoms with Crippen LogP contribution in [0.1, 0.15) is 36.9 Å². The highest BCUT2D eigenvalue weighted by atomic mass is 35.5. The van der Waals surface area contributed by atoms with Gasteiger partial charge in [0.1, 0.15) is 11.5 Å². The number of ketones is 2. The molecule has 1 aromatic carbocycles. The first-order valence-corrected chi connectivity index (χ1v) is 8.01. The Morgan fingerprint density at radius 3 is 2.67 bits per heavy atom. The zero-order chi connectivity index (χ0) is 15.6. The topological polar surface area (TPSA) is 43.4 Å². The summed E-state index contributed by atoms with van der Waals surface area (Å²) >= 11 is 7.56. The number of rotatable bonds is 6. The Balaban J connectivity index is 2.30. The summed E-state index contributed by atoms with van der Waals surface area (Å²) < 4.78 is 6.42. The van der Waals surface area contributed by atoms with Crippen molar-refractivity contribution in [1.82, 2.24) is 0 Å². The van der Waals surface area contributed by atoms with Crippen LogP contribution in [-0.4, -0.2) is 18.2 Å². The molecule has 2 aromatic rings. The SMILES string of the molecule is CCOc1cc2sc(C(=O)C[C@H](C)C(C)=O)cc2cc1Cl. The summed E-state index contributed by atoms with van der Waals surface area (Å²) in [6, 6.07) is 5.50. The molecule has 21 heavy (non-hydrogen) atoms. The zero-order valence-corrected chi connectivity index (χ0v) is 13.8. The number of fused-ring (bicyclic) bond motifs is 1. The van der Waals surface area contributed by atoms with Crippen molar-refractivity contribution >= 4 is 44.6 Å². The second kappa shape index (κ2) is 6.58. The lowest BCUT2D eigenvalue weighted by molar-refractivity contribution is -0.120. The minimum absolute atomic E-state index is 0.00650. The summed E-state index contributed by atoms with van der Waals surface area (Å²) in [5.41, 5.74) is 0. The minimum atomic E-state index is -0.245. The summed E-state index contributed by atoms with van der Waals surface area (Å²) in [5.74, 6) is 0.411. The van der Waals surface area contributed by atoms with Crippen LogP contribution >= 0.6 is 22.9 Å². The first-order valence-electron chi connectivity index (χ1n) is 6.82. The van der Waals surface area contributed by atoms with E-state index in [0.717, 1.165) is 10.1 Å². The molecule has 0 bridgehead atoms. The zero-order valence-electron chi connectivity index (χ0n) is 12.2. The molecule has 1 atom stereocenters. The van der Waals surface area contributed by atoms with E-state index in [-0.39, 0.29) is 23.9 Å². The maximum atomic E-state index is 12.2. The van der Waals surface area contributed by atoms with Crippen molar-refractivity contribution in [1.29, 1.82) is 0 Å². The van der Waals surface area contributed by atoms with Crippen LogP contribution in [0.5, 0.6) is 5.75 Å². The van der Waals surface area contributed by atoms with Crippen molar-refractivity contribution in [2.45, 2.75) is 27.2 Å². The van der Waals surface area contributed by atoms with Crippen molar-refractivity contribution in [3.8, 4) is 5.75 Å². The van der Waals surface area contributed by atoms with E-state index in [1.54, 1.807) is 6.92 Å². The Bertz CT molecular complexity index is 690. The molecule has 0 amide bonds. The number of halogens is 1. The van der Waals surface area contributed by atoms with Gasteiger partial charge in [-0.2, -0.15) is 0 Å². The fourth-order valence-corrected chi connectivity index (χ4v) is 3.21. The lowest BCUT2D eigenvalue weighted by atomic mass is 10.0. The first-order chi connectivity index (χ1) is 9.92. The number of ether oxygens (including phenoxy) is 1. The lowest BCUT2D eigenvalue weighted by Crippen LogP contribution is -2.11. The van der Waals surface area contributed by atoms with Crippen LogP contribution in [0.25, 0.3) is 10.1 Å². The monoisotopic (exact) mass is 324 g/mol. The van der Waals surface area contributed by atoms with Crippen molar-refractivity contribution in [2.24, 2.45) is 5.92 Å². The highest BCUT2D eigenvalue weighted by Gasteiger charge is 2.17. The van der Waals surface area contributed by atoms with Crippen LogP contribution in [0.3, 0.4) is 0 Å². The minimum Gasteiger partial charge on any atom is -0.492 e. The van der Waals surface area contributed by atoms with E-state index in [2.05, 4.69) is 0 Å². The maximum absolute atomic E-state index is 12.2. The van der Waals surface area contributed by atoms with Gasteiger partial charge in [0.2, 0.25) is 0 Å². The van der Waals surface area contributed by atoms with E-state index in [1.807, 2.05) is 25.1 Å². The fourth-order valence-electron chi connectivity index (χ4n) is 1.97. The molecule has 0 radical (unpaired) electrons. The highest BCUT2D eigenvalue weighted by molar-refractivity contribution is 7.20. The van der Waals surface area contributed by atoms with Crippen molar-refractivity contribution < 1.29 is 14.3 Å². The van der Waals surface area contributed by atoms with Gasteiger partial charge in [0.05, 0.1) is 16.5 Å². The number of benzene rings is 1. The number of hydrogen-bond donors (Lipinski definition) is 0. The largest absolute Gasteiger partial charge is 0.492 e. The van der Waals surface area contributed by atoms with Crippen LogP contribution in [0.4, 0.5) is 0 Å². The Morgan fingerprint density at radius 2 is 2.05 bits per heavy atom. The summed E-state index contributed by atoms with van der Waals surface area (Å²) in [7, 11) is 0. The Morgan fingerprint density at radius 1 is 1.33 bits per heavy atom. The van der Waals surface area contributed by atoms with Crippen molar-refractivity contribution in [3.05, 3.63) is 28.1 Å². The number of thiophene rings is 1. The van der Waals surface area contributed by atoms with E-state index in [1.165, 1.54) is 18.3 Å². The van der Waals surface area contributed by atoms with Crippen molar-refractivity contribution in [2.75, 3.05) is 6.61 Å². The summed E-state index contributed by atoms with van der Waals surface area (Å²) in [5, 5.41) is 1.46. The van der Waals surface area contributed by atoms with Crippen LogP contribution in [-0.2, 0) is 4.79 Å². The number of carbonyl (C=O) groups excluding carboxylic acids is 2. The molecule has 0 N–H and O–H groups in total. The molecule has 0 unspecified atom stereocenters. The van der Waals surface area contributed by atoms with Crippen LogP contribution in [0.15, 0.2) is 18.2 Å². The molecule has 0 aliphatic carbocycles. The van der Waals surface area contributed by atoms with Crippen LogP contribution < -0.4 is 4.74 Å². The summed E-state index contributed by atoms with van der Waals surface area (Å²) in [6.07, 6.45) is 0.244. The molecule has 3 nitrogen and oxygen atoms in total. The molecular formula is C16H17ClO3S. The molecule has 1 heterocycles. The second-order valence-electron chi connectivity index (χ2n) is 5.00. The van der Waals surface area contributed by atoms with Crippen LogP contribution in [0, 0.1) is 5.92 Å². The summed E-state index contributed by atoms with van der Waals surface area (Å²) in [4.78, 5) is 24.1. The smallest absolute Gasteiger partial charge is 0.173 e. The van der Waals surface area contributed by atoms with Gasteiger partial charge in [-0.3, -0.25) is 9.59 Å². The molecular weight excluding hydrogens is 308 g/mol. The van der Waals surface area contributed by atoms with Gasteiger partial charge >= 0.3 is 0 Å². The third-order valence-corrected chi connectivity index (χ3v) is 4.77. The third kappa shape index (κ3) is 3.63. The van der Waals surface area contributed by atoms with E-state index in [4.69, 9.17) is 16.3 Å². The molecule has 0 aliphatic rings. The fraction of sp³-hybridized carbons (Fsp3) is 0.375. The molecule has 0 spiro atoms. The normalized spacial score (nSPS) is 12.4. The molecule has 0 fully saturated rings. The van der Waals surface area contributed by atoms with E-state index < -0.39 is 0 Å². The van der Waals surface area contributed by atoms with Crippen molar-refractivity contribution in [3.63, 3.8) is 0 Å². The molecule has 0 saturated heterocycles. The third-order valence-electron chi connectivity index (χ3n) is 3.33. The number of carbonyl (C=O) groups is 2. The van der Waals surface area contributed by atoms with Gasteiger partial charge in [-0.25, -0.2) is 0 Å². The maximum Gasteiger partial charge on any atom is 0.173 e. The quantitative estimate of drug-likeness (QED) is 0.720. The predicted molar refractivity (Wildman–Crippen MR) is 86.8 cm³/mol. The standard InChI is InChI=1S/C16H17ClO3S/c1-4-20-14-8-15-11(6-12(14)17)7-16(21-15)13(19)5-9(2)10(3)18/h6-9H,4-5H2,1-3H3/t9-/m0/s1. The van der Waals surface area contributed by atoms with Gasteiger partial charge < -0.3 is 4.74 Å². The van der Waals surface area contributed by atoms with Gasteiger partial charge in [-0.15, -0.1) is 11.3 Å². The lowest BCUT2D eigenvalue weighted by Gasteiger charge is -2.04. The van der Waals surface area contributed by atoms with E-state index in [9.17, 15) is 9.59 Å². The molecule has 1 aromatic heterocycles. The van der Waals surface area contributed by atoms with Gasteiger partial charge in [0, 0.05) is 17.0 Å². The van der Waals surface area contributed by atoms with E-state index in [0.29, 0.717) is 22.3 Å². The van der Waals surface area contributed by atoms with Gasteiger partial charge in [0.25, 0.3) is 0 Å². The van der Waals surface area contributed by atoms with Crippen LogP contribution in [0.2, 0.25) is 5.02 Å². The number of hydrogen-bond acceptors (Lipinski definition) is 4. The van der Waals surface area contributed by atoms with Gasteiger partial charge in [-0.05, 0) is 37.4 Å². The van der Waals surface area contributed by atoms with Gasteiger partial charge in [0.15, 0.2) is 5.78 Å². The second-order valence-corrected chi connectivity index (χ2v) is 6.49. The first kappa shape index (κ1) is 16.0. The average Bonchev–Trinajstić information content (AvgIpc) is 2.82. The molecule has 2 rings (SSSR count). The van der Waals surface area contributed by atoms with Gasteiger partial charge in [-0.1, -0.05) is 18.5 Å². The molecule has 5 heteroatoms. The Hall–Kier alpha value is -1.39. The highest BCUT2D eigenvalue weighted by Crippen LogP contribution is 2.35. The molecule has 0 saturated carbocycles. The Labute approximate surface area is 132 Å². The molecule has 112 valence electrons. The predicted octanol–water partition coefficient (Wildman–Crippen LogP) is 4.75. The Kier molecular flexibility index (Phi) is 5.01.